The molecule has 1 heterocycles. The molecule has 4 atom stereocenters. The molecule has 4 nitrogen and oxygen atoms in total. The third-order valence-corrected chi connectivity index (χ3v) is 1.48. The first kappa shape index (κ1) is 6.95. The predicted octanol–water partition coefficient (Wildman–Crippen LogP) is -1.55. The van der Waals surface area contributed by atoms with E-state index in [4.69, 9.17) is 15.3 Å². The van der Waals surface area contributed by atoms with Crippen molar-refractivity contribution >= 4 is 0 Å². The topological polar surface area (TPSA) is 69.9 Å². The molecule has 1 aliphatic rings. The van der Waals surface area contributed by atoms with Crippen LogP contribution in [-0.4, -0.2) is 39.9 Å². The quantitative estimate of drug-likeness (QED) is 0.375. The third kappa shape index (κ3) is 1.07. The monoisotopic (exact) mass is 134 g/mol. The minimum Gasteiger partial charge on any atom is -0.388 e. The molecular formula is C5H10O4. The van der Waals surface area contributed by atoms with Gasteiger partial charge in [0.05, 0.1) is 6.10 Å². The second-order valence-corrected chi connectivity index (χ2v) is 2.21. The van der Waals surface area contributed by atoms with E-state index >= 15 is 0 Å². The van der Waals surface area contributed by atoms with Crippen LogP contribution >= 0.6 is 0 Å². The summed E-state index contributed by atoms with van der Waals surface area (Å²) in [5.74, 6) is 0. The highest BCUT2D eigenvalue weighted by Gasteiger charge is 2.38. The van der Waals surface area contributed by atoms with Crippen molar-refractivity contribution in [1.82, 2.24) is 0 Å². The number of hydrogen-bond donors (Lipinski definition) is 3. The Morgan fingerprint density at radius 1 is 1.11 bits per heavy atom. The number of rotatable bonds is 0. The van der Waals surface area contributed by atoms with E-state index in [-0.39, 0.29) is 0 Å². The Kier molecular flexibility index (Phi) is 1.72. The van der Waals surface area contributed by atoms with Crippen LogP contribution in [0.1, 0.15) is 6.92 Å². The molecule has 9 heavy (non-hydrogen) atoms. The van der Waals surface area contributed by atoms with Crippen LogP contribution < -0.4 is 0 Å². The standard InChI is InChI=1S/C5H10O4/c1-2-3(6)4(7)5(8)9-2/h2-8H,1H3/t2-,3?,4+,5?/m0/s1. The smallest absolute Gasteiger partial charge is 0.183 e. The van der Waals surface area contributed by atoms with Gasteiger partial charge in [0.1, 0.15) is 12.2 Å². The Balaban J connectivity index is 2.54. The van der Waals surface area contributed by atoms with Gasteiger partial charge in [-0.25, -0.2) is 0 Å². The lowest BCUT2D eigenvalue weighted by Gasteiger charge is -2.07. The summed E-state index contributed by atoms with van der Waals surface area (Å²) in [5, 5.41) is 26.4. The van der Waals surface area contributed by atoms with Gasteiger partial charge in [0.15, 0.2) is 6.29 Å². The molecular weight excluding hydrogens is 124 g/mol. The SMILES string of the molecule is C[C@@H]1OC(O)[C@H](O)C1O. The van der Waals surface area contributed by atoms with E-state index in [0.29, 0.717) is 0 Å². The fraction of sp³-hybridized carbons (Fsp3) is 1.00. The normalized spacial score (nSPS) is 52.0. The van der Waals surface area contributed by atoms with Crippen molar-refractivity contribution in [3.63, 3.8) is 0 Å². The highest BCUT2D eigenvalue weighted by molar-refractivity contribution is 4.82. The number of ether oxygens (including phenoxy) is 1. The Bertz CT molecular complexity index is 93.1. The molecule has 0 aromatic heterocycles. The van der Waals surface area contributed by atoms with Gasteiger partial charge >= 0.3 is 0 Å². The first-order chi connectivity index (χ1) is 4.13. The predicted molar refractivity (Wildman–Crippen MR) is 28.6 cm³/mol. The van der Waals surface area contributed by atoms with Gasteiger partial charge in [-0.15, -0.1) is 0 Å². The van der Waals surface area contributed by atoms with Crippen molar-refractivity contribution in [2.24, 2.45) is 0 Å². The van der Waals surface area contributed by atoms with Gasteiger partial charge in [0.2, 0.25) is 0 Å². The lowest BCUT2D eigenvalue weighted by molar-refractivity contribution is -0.124. The van der Waals surface area contributed by atoms with Gasteiger partial charge in [-0.3, -0.25) is 0 Å². The first-order valence-electron chi connectivity index (χ1n) is 2.82. The van der Waals surface area contributed by atoms with Crippen LogP contribution in [0.15, 0.2) is 0 Å². The van der Waals surface area contributed by atoms with Crippen LogP contribution in [0.25, 0.3) is 0 Å². The van der Waals surface area contributed by atoms with Gasteiger partial charge in [0, 0.05) is 0 Å². The Hall–Kier alpha value is -0.160. The van der Waals surface area contributed by atoms with Crippen molar-refractivity contribution in [2.45, 2.75) is 31.5 Å². The van der Waals surface area contributed by atoms with Crippen molar-refractivity contribution in [1.29, 1.82) is 0 Å². The number of hydrogen-bond acceptors (Lipinski definition) is 4. The zero-order chi connectivity index (χ0) is 7.02. The molecule has 2 unspecified atom stereocenters. The Morgan fingerprint density at radius 2 is 1.67 bits per heavy atom. The fourth-order valence-electron chi connectivity index (χ4n) is 0.827. The molecule has 0 aliphatic carbocycles. The molecule has 0 amide bonds. The van der Waals surface area contributed by atoms with Crippen LogP contribution in [0.4, 0.5) is 0 Å². The summed E-state index contributed by atoms with van der Waals surface area (Å²) in [5.41, 5.74) is 0. The molecule has 0 radical (unpaired) electrons. The van der Waals surface area contributed by atoms with Gasteiger partial charge in [-0.2, -0.15) is 0 Å². The summed E-state index contributed by atoms with van der Waals surface area (Å²) in [6.45, 7) is 1.59. The molecule has 3 N–H and O–H groups in total. The summed E-state index contributed by atoms with van der Waals surface area (Å²) in [7, 11) is 0. The highest BCUT2D eigenvalue weighted by atomic mass is 16.6. The molecule has 0 bridgehead atoms. The van der Waals surface area contributed by atoms with Crippen molar-refractivity contribution < 1.29 is 20.1 Å². The van der Waals surface area contributed by atoms with Crippen LogP contribution in [0.2, 0.25) is 0 Å². The molecule has 1 rings (SSSR count). The zero-order valence-electron chi connectivity index (χ0n) is 5.06. The maximum Gasteiger partial charge on any atom is 0.183 e. The molecule has 0 saturated carbocycles. The van der Waals surface area contributed by atoms with E-state index in [2.05, 4.69) is 4.74 Å². The summed E-state index contributed by atoms with van der Waals surface area (Å²) in [6.07, 6.45) is -3.81. The molecule has 4 heteroatoms. The van der Waals surface area contributed by atoms with Crippen LogP contribution in [0.3, 0.4) is 0 Å². The molecule has 0 aromatic carbocycles. The van der Waals surface area contributed by atoms with E-state index in [9.17, 15) is 0 Å². The molecule has 54 valence electrons. The second kappa shape index (κ2) is 2.22. The molecule has 1 saturated heterocycles. The maximum absolute atomic E-state index is 8.90. The molecule has 1 fully saturated rings. The van der Waals surface area contributed by atoms with Crippen molar-refractivity contribution in [3.05, 3.63) is 0 Å². The average Bonchev–Trinajstić information content (AvgIpc) is 1.98. The molecule has 0 spiro atoms. The minimum atomic E-state index is -1.23. The van der Waals surface area contributed by atoms with Crippen LogP contribution in [0, 0.1) is 0 Å². The van der Waals surface area contributed by atoms with Crippen molar-refractivity contribution in [3.8, 4) is 0 Å². The van der Waals surface area contributed by atoms with E-state index in [1.165, 1.54) is 0 Å². The summed E-state index contributed by atoms with van der Waals surface area (Å²) < 4.78 is 4.64. The first-order valence-corrected chi connectivity index (χ1v) is 2.82. The minimum absolute atomic E-state index is 0.477. The van der Waals surface area contributed by atoms with Crippen LogP contribution in [0.5, 0.6) is 0 Å². The highest BCUT2D eigenvalue weighted by Crippen LogP contribution is 2.18. The lowest BCUT2D eigenvalue weighted by atomic mass is 10.2. The van der Waals surface area contributed by atoms with Gasteiger partial charge in [-0.1, -0.05) is 0 Å². The molecule has 1 aliphatic heterocycles. The maximum atomic E-state index is 8.90. The summed E-state index contributed by atoms with van der Waals surface area (Å²) >= 11 is 0. The van der Waals surface area contributed by atoms with E-state index in [1.807, 2.05) is 0 Å². The zero-order valence-corrected chi connectivity index (χ0v) is 5.06. The Morgan fingerprint density at radius 3 is 1.78 bits per heavy atom. The number of aliphatic hydroxyl groups is 3. The summed E-state index contributed by atoms with van der Waals surface area (Å²) in [4.78, 5) is 0. The Labute approximate surface area is 52.7 Å². The van der Waals surface area contributed by atoms with E-state index < -0.39 is 24.6 Å². The molecule has 0 aromatic rings. The van der Waals surface area contributed by atoms with Gasteiger partial charge in [-0.05, 0) is 6.92 Å². The van der Waals surface area contributed by atoms with E-state index in [1.54, 1.807) is 6.92 Å². The summed E-state index contributed by atoms with van der Waals surface area (Å²) in [6, 6.07) is 0. The fourth-order valence-corrected chi connectivity index (χ4v) is 0.827. The second-order valence-electron chi connectivity index (χ2n) is 2.21. The number of aliphatic hydroxyl groups excluding tert-OH is 3. The van der Waals surface area contributed by atoms with Gasteiger partial charge < -0.3 is 20.1 Å². The van der Waals surface area contributed by atoms with E-state index in [0.717, 1.165) is 0 Å². The average molecular weight is 134 g/mol. The van der Waals surface area contributed by atoms with Gasteiger partial charge in [0.25, 0.3) is 0 Å². The third-order valence-electron chi connectivity index (χ3n) is 1.48. The lowest BCUT2D eigenvalue weighted by Crippen LogP contribution is -2.31. The van der Waals surface area contributed by atoms with Crippen molar-refractivity contribution in [2.75, 3.05) is 0 Å². The van der Waals surface area contributed by atoms with Crippen LogP contribution in [-0.2, 0) is 4.74 Å². The largest absolute Gasteiger partial charge is 0.388 e.